The van der Waals surface area contributed by atoms with Crippen molar-refractivity contribution >= 4 is 17.9 Å². The van der Waals surface area contributed by atoms with Crippen LogP contribution in [0.1, 0.15) is 60.5 Å². The number of aromatic carboxylic acids is 1. The maximum absolute atomic E-state index is 12.3. The summed E-state index contributed by atoms with van der Waals surface area (Å²) in [6.07, 6.45) is 6.77. The molecule has 3 rings (SSSR count). The maximum atomic E-state index is 12.3. The van der Waals surface area contributed by atoms with Crippen molar-refractivity contribution in [2.75, 3.05) is 0 Å². The Morgan fingerprint density at radius 3 is 2.56 bits per heavy atom. The van der Waals surface area contributed by atoms with Crippen LogP contribution in [-0.4, -0.2) is 31.9 Å². The van der Waals surface area contributed by atoms with E-state index in [9.17, 15) is 19.5 Å². The van der Waals surface area contributed by atoms with Gasteiger partial charge in [-0.2, -0.15) is 0 Å². The molecule has 1 aromatic heterocycles. The highest BCUT2D eigenvalue weighted by Gasteiger charge is 2.21. The molecule has 8 heteroatoms. The van der Waals surface area contributed by atoms with Crippen LogP contribution in [0.5, 0.6) is 5.88 Å². The molecule has 27 heavy (non-hydrogen) atoms. The second-order valence-electron chi connectivity index (χ2n) is 6.63. The van der Waals surface area contributed by atoms with Gasteiger partial charge in [-0.25, -0.2) is 9.59 Å². The lowest BCUT2D eigenvalue weighted by molar-refractivity contribution is 0.0697. The molecule has 0 saturated heterocycles. The molecule has 0 atom stereocenters. The summed E-state index contributed by atoms with van der Waals surface area (Å²) >= 11 is 0. The highest BCUT2D eigenvalue weighted by atomic mass is 16.4. The first-order valence-corrected chi connectivity index (χ1v) is 8.92. The third kappa shape index (κ3) is 4.16. The molecule has 142 valence electrons. The van der Waals surface area contributed by atoms with Gasteiger partial charge in [-0.3, -0.25) is 19.3 Å². The quantitative estimate of drug-likeness (QED) is 0.563. The maximum Gasteiger partial charge on any atom is 0.335 e. The molecule has 1 aliphatic rings. The summed E-state index contributed by atoms with van der Waals surface area (Å²) in [5.41, 5.74) is -1.11. The summed E-state index contributed by atoms with van der Waals surface area (Å²) in [5, 5.41) is 19.6. The zero-order valence-electron chi connectivity index (χ0n) is 14.7. The van der Waals surface area contributed by atoms with E-state index in [0.29, 0.717) is 5.69 Å². The molecule has 1 fully saturated rings. The molecule has 0 bridgehead atoms. The number of rotatable bonds is 4. The molecule has 0 aliphatic heterocycles. The highest BCUT2D eigenvalue weighted by molar-refractivity contribution is 5.89. The smallest absolute Gasteiger partial charge is 0.335 e. The van der Waals surface area contributed by atoms with Crippen LogP contribution in [-0.2, 0) is 0 Å². The van der Waals surface area contributed by atoms with E-state index in [1.165, 1.54) is 22.8 Å². The molecule has 0 amide bonds. The number of hydrogen-bond donors (Lipinski definition) is 3. The van der Waals surface area contributed by atoms with Crippen molar-refractivity contribution in [3.05, 3.63) is 56.2 Å². The number of benzene rings is 1. The van der Waals surface area contributed by atoms with Crippen molar-refractivity contribution in [2.45, 2.75) is 44.6 Å². The van der Waals surface area contributed by atoms with Gasteiger partial charge in [-0.05, 0) is 31.0 Å². The molecule has 1 heterocycles. The minimum Gasteiger partial charge on any atom is -0.494 e. The third-order valence-corrected chi connectivity index (χ3v) is 4.78. The molecule has 1 saturated carbocycles. The lowest BCUT2D eigenvalue weighted by Gasteiger charge is -2.19. The van der Waals surface area contributed by atoms with Crippen molar-refractivity contribution < 1.29 is 15.0 Å². The number of aromatic amines is 1. The molecule has 8 nitrogen and oxygen atoms in total. The zero-order chi connectivity index (χ0) is 19.4. The van der Waals surface area contributed by atoms with Crippen LogP contribution in [0.3, 0.4) is 0 Å². The number of nitrogens with one attached hydrogen (secondary N) is 1. The van der Waals surface area contributed by atoms with E-state index in [1.54, 1.807) is 6.07 Å². The fraction of sp³-hybridized carbons (Fsp3) is 0.368. The lowest BCUT2D eigenvalue weighted by Crippen LogP contribution is -2.34. The van der Waals surface area contributed by atoms with E-state index < -0.39 is 23.1 Å². The molecular weight excluding hydrogens is 350 g/mol. The summed E-state index contributed by atoms with van der Waals surface area (Å²) in [7, 11) is 0. The highest BCUT2D eigenvalue weighted by Crippen LogP contribution is 2.29. The summed E-state index contributed by atoms with van der Waals surface area (Å²) in [5.74, 6) is -1.50. The Hall–Kier alpha value is -3.16. The van der Waals surface area contributed by atoms with Gasteiger partial charge in [0.05, 0.1) is 11.3 Å². The SMILES string of the molecule is O=C(O)c1cccc(N=Cc2c(O)n(C3CCCCCC3)c(=O)[nH]c2=O)c1. The monoisotopic (exact) mass is 371 g/mol. The Balaban J connectivity index is 1.99. The molecule has 2 aromatic rings. The normalized spacial score (nSPS) is 15.7. The van der Waals surface area contributed by atoms with E-state index in [-0.39, 0.29) is 17.2 Å². The number of aromatic hydroxyl groups is 1. The van der Waals surface area contributed by atoms with E-state index in [0.717, 1.165) is 44.7 Å². The fourth-order valence-corrected chi connectivity index (χ4v) is 3.38. The van der Waals surface area contributed by atoms with Gasteiger partial charge in [0.1, 0.15) is 5.56 Å². The van der Waals surface area contributed by atoms with Gasteiger partial charge in [-0.1, -0.05) is 31.7 Å². The molecule has 3 N–H and O–H groups in total. The van der Waals surface area contributed by atoms with Crippen LogP contribution in [0, 0.1) is 0 Å². The van der Waals surface area contributed by atoms with Gasteiger partial charge < -0.3 is 10.2 Å². The molecule has 0 unspecified atom stereocenters. The number of carboxylic acids is 1. The Bertz CT molecular complexity index is 982. The predicted octanol–water partition coefficient (Wildman–Crippen LogP) is 2.59. The van der Waals surface area contributed by atoms with E-state index in [4.69, 9.17) is 5.11 Å². The van der Waals surface area contributed by atoms with E-state index in [1.807, 2.05) is 0 Å². The van der Waals surface area contributed by atoms with Gasteiger partial charge in [0.25, 0.3) is 5.56 Å². The summed E-state index contributed by atoms with van der Waals surface area (Å²) in [6.45, 7) is 0. The summed E-state index contributed by atoms with van der Waals surface area (Å²) in [4.78, 5) is 41.8. The van der Waals surface area contributed by atoms with E-state index in [2.05, 4.69) is 9.98 Å². The molecule has 0 radical (unpaired) electrons. The van der Waals surface area contributed by atoms with Gasteiger partial charge in [0, 0.05) is 12.3 Å². The van der Waals surface area contributed by atoms with Crippen molar-refractivity contribution in [2.24, 2.45) is 4.99 Å². The fourth-order valence-electron chi connectivity index (χ4n) is 3.38. The lowest BCUT2D eigenvalue weighted by atomic mass is 10.1. The number of H-pyrrole nitrogens is 1. The van der Waals surface area contributed by atoms with Crippen LogP contribution in [0.4, 0.5) is 5.69 Å². The largest absolute Gasteiger partial charge is 0.494 e. The van der Waals surface area contributed by atoms with E-state index >= 15 is 0 Å². The number of aromatic nitrogens is 2. The van der Waals surface area contributed by atoms with Crippen molar-refractivity contribution in [1.82, 2.24) is 9.55 Å². The topological polar surface area (TPSA) is 125 Å². The number of aliphatic imine (C=N–C) groups is 1. The van der Waals surface area contributed by atoms with Gasteiger partial charge in [0.2, 0.25) is 5.88 Å². The van der Waals surface area contributed by atoms with Crippen LogP contribution in [0.2, 0.25) is 0 Å². The first-order chi connectivity index (χ1) is 13.0. The second-order valence-corrected chi connectivity index (χ2v) is 6.63. The number of nitrogens with zero attached hydrogens (tertiary/aromatic N) is 2. The molecular formula is C19H21N3O5. The van der Waals surface area contributed by atoms with Crippen LogP contribution < -0.4 is 11.2 Å². The summed E-state index contributed by atoms with van der Waals surface area (Å²) < 4.78 is 1.24. The zero-order valence-corrected chi connectivity index (χ0v) is 14.7. The minimum absolute atomic E-state index is 0.0613. The van der Waals surface area contributed by atoms with Crippen LogP contribution in [0.25, 0.3) is 0 Å². The standard InChI is InChI=1S/C19H21N3O5/c23-16-15(11-20-13-7-5-6-12(10-13)18(25)26)17(24)22(19(27)21-16)14-8-3-1-2-4-9-14/h5-7,10-11,14,24H,1-4,8-9H2,(H,25,26)(H,21,23,27). The number of carboxylic acid groups (broad SMARTS) is 1. The van der Waals surface area contributed by atoms with Gasteiger partial charge in [-0.15, -0.1) is 0 Å². The van der Waals surface area contributed by atoms with Crippen molar-refractivity contribution in [3.8, 4) is 5.88 Å². The van der Waals surface area contributed by atoms with Crippen LogP contribution in [0.15, 0.2) is 38.8 Å². The molecule has 1 aliphatic carbocycles. The Labute approximate surface area is 154 Å². The number of hydrogen-bond acceptors (Lipinski definition) is 5. The average molecular weight is 371 g/mol. The Morgan fingerprint density at radius 1 is 1.19 bits per heavy atom. The third-order valence-electron chi connectivity index (χ3n) is 4.78. The second kappa shape index (κ2) is 8.03. The molecule has 1 aromatic carbocycles. The Kier molecular flexibility index (Phi) is 5.54. The van der Waals surface area contributed by atoms with Crippen molar-refractivity contribution in [1.29, 1.82) is 0 Å². The summed E-state index contributed by atoms with van der Waals surface area (Å²) in [6, 6.07) is 5.73. The Morgan fingerprint density at radius 2 is 1.89 bits per heavy atom. The first kappa shape index (κ1) is 18.6. The minimum atomic E-state index is -1.09. The number of carbonyl (C=O) groups is 1. The van der Waals surface area contributed by atoms with Crippen LogP contribution >= 0.6 is 0 Å². The van der Waals surface area contributed by atoms with Gasteiger partial charge in [0.15, 0.2) is 0 Å². The predicted molar refractivity (Wildman–Crippen MR) is 100 cm³/mol. The van der Waals surface area contributed by atoms with Gasteiger partial charge >= 0.3 is 11.7 Å². The molecule has 0 spiro atoms. The first-order valence-electron chi connectivity index (χ1n) is 8.92. The van der Waals surface area contributed by atoms with Crippen molar-refractivity contribution in [3.63, 3.8) is 0 Å². The average Bonchev–Trinajstić information content (AvgIpc) is 2.91.